The number of benzene rings is 2. The van der Waals surface area contributed by atoms with Gasteiger partial charge in [0.15, 0.2) is 28.1 Å². The Labute approximate surface area is 163 Å². The van der Waals surface area contributed by atoms with Crippen molar-refractivity contribution in [3.8, 4) is 23.0 Å². The fourth-order valence-electron chi connectivity index (χ4n) is 2.48. The summed E-state index contributed by atoms with van der Waals surface area (Å²) in [4.78, 5) is 0. The third kappa shape index (κ3) is 5.01. The minimum Gasteiger partial charge on any atom is -0.493 e. The second-order valence-corrected chi connectivity index (χ2v) is 5.99. The summed E-state index contributed by atoms with van der Waals surface area (Å²) in [6.45, 7) is 3.32. The molecule has 0 bridgehead atoms. The highest BCUT2D eigenvalue weighted by Gasteiger charge is 2.13. The molecule has 0 fully saturated rings. The first-order valence-electron chi connectivity index (χ1n) is 8.46. The molecule has 2 aromatic carbocycles. The number of hydrogen-bond acceptors (Lipinski definition) is 6. The number of hydrazone groups is 1. The SMILES string of the molecule is CCOc1ccc(/C=N\NC(=S)NCc2ccc3c(c2)OCO3)cc1OC. The number of rotatable bonds is 7. The molecule has 27 heavy (non-hydrogen) atoms. The van der Waals surface area contributed by atoms with E-state index in [0.29, 0.717) is 29.8 Å². The predicted octanol–water partition coefficient (Wildman–Crippen LogP) is 2.82. The Kier molecular flexibility index (Phi) is 6.32. The van der Waals surface area contributed by atoms with Crippen LogP contribution in [0.25, 0.3) is 0 Å². The van der Waals surface area contributed by atoms with E-state index < -0.39 is 0 Å². The van der Waals surface area contributed by atoms with Crippen LogP contribution in [0.1, 0.15) is 18.1 Å². The Hall–Kier alpha value is -3.00. The van der Waals surface area contributed by atoms with Crippen LogP contribution in [0.2, 0.25) is 0 Å². The van der Waals surface area contributed by atoms with E-state index in [1.165, 1.54) is 0 Å². The zero-order valence-electron chi connectivity index (χ0n) is 15.2. The summed E-state index contributed by atoms with van der Waals surface area (Å²) in [5.41, 5.74) is 4.69. The highest BCUT2D eigenvalue weighted by atomic mass is 32.1. The van der Waals surface area contributed by atoms with Gasteiger partial charge < -0.3 is 24.3 Å². The number of hydrogen-bond donors (Lipinski definition) is 2. The maximum absolute atomic E-state index is 5.49. The van der Waals surface area contributed by atoms with E-state index in [9.17, 15) is 0 Å². The first-order valence-corrected chi connectivity index (χ1v) is 8.86. The van der Waals surface area contributed by atoms with Crippen LogP contribution in [0.15, 0.2) is 41.5 Å². The second-order valence-electron chi connectivity index (χ2n) is 5.58. The summed E-state index contributed by atoms with van der Waals surface area (Å²) in [6, 6.07) is 11.3. The molecule has 1 heterocycles. The first kappa shape index (κ1) is 18.8. The molecule has 0 saturated heterocycles. The van der Waals surface area contributed by atoms with Gasteiger partial charge in [0, 0.05) is 6.54 Å². The largest absolute Gasteiger partial charge is 0.493 e. The van der Waals surface area contributed by atoms with Crippen LogP contribution in [0, 0.1) is 0 Å². The fourth-order valence-corrected chi connectivity index (χ4v) is 2.60. The molecule has 0 amide bonds. The molecule has 0 spiro atoms. The van der Waals surface area contributed by atoms with Crippen LogP contribution in [0.4, 0.5) is 0 Å². The van der Waals surface area contributed by atoms with Gasteiger partial charge in [-0.3, -0.25) is 5.43 Å². The normalized spacial score (nSPS) is 12.1. The van der Waals surface area contributed by atoms with Crippen molar-refractivity contribution in [3.05, 3.63) is 47.5 Å². The van der Waals surface area contributed by atoms with Crippen molar-refractivity contribution in [2.24, 2.45) is 5.10 Å². The van der Waals surface area contributed by atoms with Crippen molar-refractivity contribution in [1.29, 1.82) is 0 Å². The Morgan fingerprint density at radius 1 is 1.19 bits per heavy atom. The molecule has 1 aliphatic rings. The van der Waals surface area contributed by atoms with Gasteiger partial charge in [0.25, 0.3) is 0 Å². The molecule has 8 heteroatoms. The van der Waals surface area contributed by atoms with Gasteiger partial charge in [0.05, 0.1) is 19.9 Å². The zero-order valence-corrected chi connectivity index (χ0v) is 16.0. The number of ether oxygens (including phenoxy) is 4. The van der Waals surface area contributed by atoms with Crippen molar-refractivity contribution >= 4 is 23.5 Å². The van der Waals surface area contributed by atoms with Gasteiger partial charge in [-0.1, -0.05) is 6.07 Å². The standard InChI is InChI=1S/C19H21N3O4S/c1-3-24-15-6-5-14(8-17(15)23-2)11-21-22-19(27)20-10-13-4-7-16-18(9-13)26-12-25-16/h4-9,11H,3,10,12H2,1-2H3,(H2,20,22,27)/b21-11-. The van der Waals surface area contributed by atoms with E-state index in [1.807, 2.05) is 43.3 Å². The number of thiocarbonyl (C=S) groups is 1. The average Bonchev–Trinajstić information content (AvgIpc) is 3.15. The topological polar surface area (TPSA) is 73.3 Å². The highest BCUT2D eigenvalue weighted by molar-refractivity contribution is 7.80. The summed E-state index contributed by atoms with van der Waals surface area (Å²) < 4.78 is 21.5. The quantitative estimate of drug-likeness (QED) is 0.430. The van der Waals surface area contributed by atoms with Crippen LogP contribution in [0.3, 0.4) is 0 Å². The monoisotopic (exact) mass is 387 g/mol. The van der Waals surface area contributed by atoms with Crippen molar-refractivity contribution in [1.82, 2.24) is 10.7 Å². The maximum Gasteiger partial charge on any atom is 0.231 e. The van der Waals surface area contributed by atoms with Crippen molar-refractivity contribution in [3.63, 3.8) is 0 Å². The zero-order chi connectivity index (χ0) is 19.1. The maximum atomic E-state index is 5.49. The second kappa shape index (κ2) is 9.09. The molecule has 0 radical (unpaired) electrons. The number of fused-ring (bicyclic) bond motifs is 1. The van der Waals surface area contributed by atoms with Gasteiger partial charge in [-0.25, -0.2) is 0 Å². The van der Waals surface area contributed by atoms with E-state index in [4.69, 9.17) is 31.2 Å². The summed E-state index contributed by atoms with van der Waals surface area (Å²) in [5.74, 6) is 2.86. The summed E-state index contributed by atoms with van der Waals surface area (Å²) in [5, 5.41) is 7.65. The Morgan fingerprint density at radius 2 is 2.04 bits per heavy atom. The predicted molar refractivity (Wildman–Crippen MR) is 107 cm³/mol. The molecule has 2 aromatic rings. The van der Waals surface area contributed by atoms with Gasteiger partial charge in [0.1, 0.15) is 0 Å². The molecule has 3 rings (SSSR count). The Balaban J connectivity index is 1.50. The lowest BCUT2D eigenvalue weighted by Gasteiger charge is -2.09. The van der Waals surface area contributed by atoms with E-state index in [-0.39, 0.29) is 6.79 Å². The minimum atomic E-state index is 0.261. The molecule has 7 nitrogen and oxygen atoms in total. The first-order chi connectivity index (χ1) is 13.2. The van der Waals surface area contributed by atoms with Crippen LogP contribution in [-0.2, 0) is 6.54 Å². The Bertz CT molecular complexity index is 842. The van der Waals surface area contributed by atoms with E-state index in [0.717, 1.165) is 22.6 Å². The molecule has 0 aromatic heterocycles. The third-order valence-corrected chi connectivity index (χ3v) is 3.99. The van der Waals surface area contributed by atoms with Gasteiger partial charge in [0.2, 0.25) is 6.79 Å². The Morgan fingerprint density at radius 3 is 2.85 bits per heavy atom. The minimum absolute atomic E-state index is 0.261. The van der Waals surface area contributed by atoms with Crippen molar-refractivity contribution < 1.29 is 18.9 Å². The van der Waals surface area contributed by atoms with Gasteiger partial charge in [-0.2, -0.15) is 5.10 Å². The molecule has 0 saturated carbocycles. The molecule has 1 aliphatic heterocycles. The van der Waals surface area contributed by atoms with Crippen molar-refractivity contribution in [2.45, 2.75) is 13.5 Å². The highest BCUT2D eigenvalue weighted by Crippen LogP contribution is 2.32. The molecular weight excluding hydrogens is 366 g/mol. The van der Waals surface area contributed by atoms with Crippen LogP contribution < -0.4 is 29.7 Å². The summed E-state index contributed by atoms with van der Waals surface area (Å²) in [6.07, 6.45) is 1.66. The summed E-state index contributed by atoms with van der Waals surface area (Å²) >= 11 is 5.24. The smallest absolute Gasteiger partial charge is 0.231 e. The van der Waals surface area contributed by atoms with E-state index in [2.05, 4.69) is 15.8 Å². The number of nitrogens with one attached hydrogen (secondary N) is 2. The van der Waals surface area contributed by atoms with Gasteiger partial charge >= 0.3 is 0 Å². The van der Waals surface area contributed by atoms with Crippen molar-refractivity contribution in [2.75, 3.05) is 20.5 Å². The van der Waals surface area contributed by atoms with Crippen LogP contribution >= 0.6 is 12.2 Å². The van der Waals surface area contributed by atoms with Gasteiger partial charge in [-0.05, 0) is 60.6 Å². The van der Waals surface area contributed by atoms with E-state index >= 15 is 0 Å². The van der Waals surface area contributed by atoms with E-state index in [1.54, 1.807) is 13.3 Å². The lowest BCUT2D eigenvalue weighted by molar-refractivity contribution is 0.174. The molecule has 0 atom stereocenters. The average molecular weight is 387 g/mol. The molecular formula is C19H21N3O4S. The summed E-state index contributed by atoms with van der Waals surface area (Å²) in [7, 11) is 1.60. The van der Waals surface area contributed by atoms with Crippen LogP contribution in [-0.4, -0.2) is 31.8 Å². The lowest BCUT2D eigenvalue weighted by atomic mass is 10.2. The molecule has 142 valence electrons. The lowest BCUT2D eigenvalue weighted by Crippen LogP contribution is -2.31. The third-order valence-electron chi connectivity index (χ3n) is 3.76. The van der Waals surface area contributed by atoms with Gasteiger partial charge in [-0.15, -0.1) is 0 Å². The molecule has 2 N–H and O–H groups in total. The van der Waals surface area contributed by atoms with Crippen LogP contribution in [0.5, 0.6) is 23.0 Å². The fraction of sp³-hybridized carbons (Fsp3) is 0.263. The molecule has 0 unspecified atom stereocenters. The number of nitrogens with zero attached hydrogens (tertiary/aromatic N) is 1. The molecule has 0 aliphatic carbocycles. The number of methoxy groups -OCH3 is 1.